The molecule has 1 aliphatic carbocycles. The number of carbonyl (C=O) groups is 2. The fourth-order valence-electron chi connectivity index (χ4n) is 3.74. The maximum atomic E-state index is 12.7. The Morgan fingerprint density at radius 3 is 2.35 bits per heavy atom. The monoisotopic (exact) mass is 313 g/mol. The molecule has 23 heavy (non-hydrogen) atoms. The Morgan fingerprint density at radius 2 is 1.74 bits per heavy atom. The topological polar surface area (TPSA) is 57.6 Å². The van der Waals surface area contributed by atoms with E-state index >= 15 is 0 Å². The molecule has 0 spiro atoms. The van der Waals surface area contributed by atoms with Crippen molar-refractivity contribution in [3.05, 3.63) is 42.0 Å². The van der Waals surface area contributed by atoms with Crippen LogP contribution in [0.2, 0.25) is 0 Å². The summed E-state index contributed by atoms with van der Waals surface area (Å²) in [6.07, 6.45) is 6.15. The van der Waals surface area contributed by atoms with E-state index in [2.05, 4.69) is 18.2 Å². The first-order valence-electron chi connectivity index (χ1n) is 8.43. The summed E-state index contributed by atoms with van der Waals surface area (Å²) < 4.78 is 0. The quantitative estimate of drug-likeness (QED) is 0.932. The van der Waals surface area contributed by atoms with Crippen LogP contribution in [-0.4, -0.2) is 35.0 Å². The standard InChI is InChI=1S/C19H23NO3/c21-18(16-8-4-5-9-17(16)19(22)23)20-12-10-15(11-13-20)14-6-2-1-3-7-14/h1-3,6-7,10,16-17H,4-5,8-9,11-13H2,(H,22,23)/t16-,17-/m1/s1. The summed E-state index contributed by atoms with van der Waals surface area (Å²) in [6.45, 7) is 1.27. The number of carboxylic acid groups (broad SMARTS) is 1. The van der Waals surface area contributed by atoms with E-state index in [9.17, 15) is 14.7 Å². The minimum Gasteiger partial charge on any atom is -0.481 e. The second-order valence-corrected chi connectivity index (χ2v) is 6.47. The number of hydrogen-bond donors (Lipinski definition) is 1. The summed E-state index contributed by atoms with van der Waals surface area (Å²) in [5.74, 6) is -1.63. The molecule has 1 heterocycles. The fraction of sp³-hybridized carbons (Fsp3) is 0.474. The largest absolute Gasteiger partial charge is 0.481 e. The lowest BCUT2D eigenvalue weighted by atomic mass is 9.78. The zero-order chi connectivity index (χ0) is 16.2. The molecule has 1 amide bonds. The van der Waals surface area contributed by atoms with Gasteiger partial charge in [0.2, 0.25) is 5.91 Å². The molecular weight excluding hydrogens is 290 g/mol. The number of benzene rings is 1. The van der Waals surface area contributed by atoms with Gasteiger partial charge in [0.1, 0.15) is 0 Å². The molecule has 1 aromatic rings. The molecule has 2 atom stereocenters. The Bertz CT molecular complexity index is 608. The predicted octanol–water partition coefficient (Wildman–Crippen LogP) is 3.19. The van der Waals surface area contributed by atoms with Crippen LogP contribution < -0.4 is 0 Å². The SMILES string of the molecule is O=C(O)[C@@H]1CCCC[C@H]1C(=O)N1CC=C(c2ccccc2)CC1. The molecule has 0 saturated heterocycles. The summed E-state index contributed by atoms with van der Waals surface area (Å²) in [6, 6.07) is 10.2. The fourth-order valence-corrected chi connectivity index (χ4v) is 3.74. The molecule has 1 N–H and O–H groups in total. The van der Waals surface area contributed by atoms with E-state index < -0.39 is 11.9 Å². The molecule has 0 radical (unpaired) electrons. The third-order valence-electron chi connectivity index (χ3n) is 5.07. The molecule has 0 bridgehead atoms. The molecule has 1 aliphatic heterocycles. The lowest BCUT2D eigenvalue weighted by molar-refractivity contribution is -0.152. The zero-order valence-corrected chi connectivity index (χ0v) is 13.3. The van der Waals surface area contributed by atoms with Crippen molar-refractivity contribution in [3.8, 4) is 0 Å². The van der Waals surface area contributed by atoms with Gasteiger partial charge in [-0.05, 0) is 30.4 Å². The Morgan fingerprint density at radius 1 is 1.04 bits per heavy atom. The first kappa shape index (κ1) is 15.8. The average molecular weight is 313 g/mol. The van der Waals surface area contributed by atoms with E-state index in [0.717, 1.165) is 19.3 Å². The van der Waals surface area contributed by atoms with Crippen molar-refractivity contribution in [2.75, 3.05) is 13.1 Å². The lowest BCUT2D eigenvalue weighted by Crippen LogP contribution is -2.44. The highest BCUT2D eigenvalue weighted by atomic mass is 16.4. The Hall–Kier alpha value is -2.10. The summed E-state index contributed by atoms with van der Waals surface area (Å²) in [4.78, 5) is 26.0. The molecule has 0 unspecified atom stereocenters. The van der Waals surface area contributed by atoms with Crippen LogP contribution in [0, 0.1) is 11.8 Å². The van der Waals surface area contributed by atoms with Crippen LogP contribution in [-0.2, 0) is 9.59 Å². The molecular formula is C19H23NO3. The summed E-state index contributed by atoms with van der Waals surface area (Å²) in [5.41, 5.74) is 2.48. The predicted molar refractivity (Wildman–Crippen MR) is 88.7 cm³/mol. The Labute approximate surface area is 136 Å². The Balaban J connectivity index is 1.68. The lowest BCUT2D eigenvalue weighted by Gasteiger charge is -2.34. The van der Waals surface area contributed by atoms with Crippen molar-refractivity contribution >= 4 is 17.4 Å². The van der Waals surface area contributed by atoms with E-state index in [1.807, 2.05) is 23.1 Å². The van der Waals surface area contributed by atoms with E-state index in [0.29, 0.717) is 25.9 Å². The van der Waals surface area contributed by atoms with Gasteiger partial charge in [-0.15, -0.1) is 0 Å². The minimum absolute atomic E-state index is 0.0282. The number of carbonyl (C=O) groups excluding carboxylic acids is 1. The third-order valence-corrected chi connectivity index (χ3v) is 5.07. The van der Waals surface area contributed by atoms with Gasteiger partial charge in [0.05, 0.1) is 11.8 Å². The van der Waals surface area contributed by atoms with Gasteiger partial charge < -0.3 is 10.0 Å². The van der Waals surface area contributed by atoms with Gasteiger partial charge >= 0.3 is 5.97 Å². The smallest absolute Gasteiger partial charge is 0.307 e. The van der Waals surface area contributed by atoms with E-state index in [1.54, 1.807) is 0 Å². The van der Waals surface area contributed by atoms with Gasteiger partial charge in [0.15, 0.2) is 0 Å². The van der Waals surface area contributed by atoms with Crippen molar-refractivity contribution in [2.45, 2.75) is 32.1 Å². The molecule has 4 heteroatoms. The highest BCUT2D eigenvalue weighted by molar-refractivity contribution is 5.85. The van der Waals surface area contributed by atoms with Crippen molar-refractivity contribution in [1.82, 2.24) is 4.90 Å². The number of aliphatic carboxylic acids is 1. The molecule has 4 nitrogen and oxygen atoms in total. The summed E-state index contributed by atoms with van der Waals surface area (Å²) in [5, 5.41) is 9.36. The van der Waals surface area contributed by atoms with E-state index in [1.165, 1.54) is 11.1 Å². The van der Waals surface area contributed by atoms with E-state index in [-0.39, 0.29) is 11.8 Å². The molecule has 122 valence electrons. The van der Waals surface area contributed by atoms with Crippen molar-refractivity contribution in [1.29, 1.82) is 0 Å². The van der Waals surface area contributed by atoms with Crippen molar-refractivity contribution in [3.63, 3.8) is 0 Å². The molecule has 2 aliphatic rings. The number of amides is 1. The van der Waals surface area contributed by atoms with Crippen molar-refractivity contribution in [2.24, 2.45) is 11.8 Å². The van der Waals surface area contributed by atoms with Crippen LogP contribution in [0.4, 0.5) is 0 Å². The summed E-state index contributed by atoms with van der Waals surface area (Å²) in [7, 11) is 0. The van der Waals surface area contributed by atoms with Crippen LogP contribution in [0.15, 0.2) is 36.4 Å². The molecule has 0 aromatic heterocycles. The van der Waals surface area contributed by atoms with Crippen LogP contribution in [0.1, 0.15) is 37.7 Å². The number of rotatable bonds is 3. The van der Waals surface area contributed by atoms with Crippen LogP contribution in [0.5, 0.6) is 0 Å². The maximum Gasteiger partial charge on any atom is 0.307 e. The zero-order valence-electron chi connectivity index (χ0n) is 13.3. The van der Waals surface area contributed by atoms with Gasteiger partial charge in [-0.25, -0.2) is 0 Å². The minimum atomic E-state index is -0.819. The second kappa shape index (κ2) is 6.99. The van der Waals surface area contributed by atoms with Gasteiger partial charge in [-0.3, -0.25) is 9.59 Å². The van der Waals surface area contributed by atoms with Crippen molar-refractivity contribution < 1.29 is 14.7 Å². The van der Waals surface area contributed by atoms with Crippen LogP contribution >= 0.6 is 0 Å². The van der Waals surface area contributed by atoms with Crippen LogP contribution in [0.25, 0.3) is 5.57 Å². The average Bonchev–Trinajstić information content (AvgIpc) is 2.62. The normalized spacial score (nSPS) is 24.9. The van der Waals surface area contributed by atoms with Crippen LogP contribution in [0.3, 0.4) is 0 Å². The Kier molecular flexibility index (Phi) is 4.79. The first-order chi connectivity index (χ1) is 11.2. The number of nitrogens with zero attached hydrogens (tertiary/aromatic N) is 1. The number of carboxylic acids is 1. The second-order valence-electron chi connectivity index (χ2n) is 6.47. The van der Waals surface area contributed by atoms with Gasteiger partial charge in [-0.1, -0.05) is 49.2 Å². The van der Waals surface area contributed by atoms with E-state index in [4.69, 9.17) is 0 Å². The molecule has 1 fully saturated rings. The molecule has 1 saturated carbocycles. The third kappa shape index (κ3) is 3.46. The highest BCUT2D eigenvalue weighted by Crippen LogP contribution is 2.33. The van der Waals surface area contributed by atoms with Gasteiger partial charge in [0, 0.05) is 13.1 Å². The number of hydrogen-bond acceptors (Lipinski definition) is 2. The summed E-state index contributed by atoms with van der Waals surface area (Å²) >= 11 is 0. The maximum absolute atomic E-state index is 12.7. The van der Waals surface area contributed by atoms with Gasteiger partial charge in [-0.2, -0.15) is 0 Å². The first-order valence-corrected chi connectivity index (χ1v) is 8.43. The van der Waals surface area contributed by atoms with Gasteiger partial charge in [0.25, 0.3) is 0 Å². The molecule has 3 rings (SSSR count). The highest BCUT2D eigenvalue weighted by Gasteiger charge is 2.38. The molecule has 1 aromatic carbocycles.